The first-order valence-electron chi connectivity index (χ1n) is 7.60. The summed E-state index contributed by atoms with van der Waals surface area (Å²) in [5.74, 6) is 0.690. The lowest BCUT2D eigenvalue weighted by Crippen LogP contribution is -2.53. The minimum Gasteiger partial charge on any atom is -0.332 e. The number of rotatable bonds is 6. The molecule has 0 radical (unpaired) electrons. The molecule has 0 aliphatic heterocycles. The fourth-order valence-corrected chi connectivity index (χ4v) is 4.02. The van der Waals surface area contributed by atoms with Gasteiger partial charge >= 0.3 is 0 Å². The molecule has 7 heteroatoms. The van der Waals surface area contributed by atoms with Gasteiger partial charge < -0.3 is 9.88 Å². The fraction of sp³-hybridized carbons (Fsp3) is 0.786. The summed E-state index contributed by atoms with van der Waals surface area (Å²) in [5.41, 5.74) is -0.0705. The molecule has 2 N–H and O–H groups in total. The Morgan fingerprint density at radius 1 is 1.33 bits per heavy atom. The van der Waals surface area contributed by atoms with E-state index >= 15 is 0 Å². The highest BCUT2D eigenvalue weighted by molar-refractivity contribution is 7.89. The van der Waals surface area contributed by atoms with Gasteiger partial charge in [-0.05, 0) is 26.9 Å². The monoisotopic (exact) mass is 314 g/mol. The molecule has 0 saturated heterocycles. The van der Waals surface area contributed by atoms with Crippen LogP contribution in [0.25, 0.3) is 0 Å². The molecule has 0 aromatic carbocycles. The van der Waals surface area contributed by atoms with Crippen LogP contribution in [0.15, 0.2) is 11.2 Å². The van der Waals surface area contributed by atoms with Crippen molar-refractivity contribution >= 4 is 10.0 Å². The van der Waals surface area contributed by atoms with E-state index in [-0.39, 0.29) is 10.6 Å². The van der Waals surface area contributed by atoms with Crippen molar-refractivity contribution in [2.45, 2.75) is 56.0 Å². The van der Waals surface area contributed by atoms with Crippen LogP contribution < -0.4 is 4.72 Å². The Hall–Kier alpha value is -0.920. The molecule has 0 unspecified atom stereocenters. The molecular weight excluding hydrogens is 288 g/mol. The number of sulfonamides is 1. The second-order valence-electron chi connectivity index (χ2n) is 6.05. The summed E-state index contributed by atoms with van der Waals surface area (Å²) < 4.78 is 27.5. The van der Waals surface area contributed by atoms with Crippen LogP contribution in [0.5, 0.6) is 0 Å². The van der Waals surface area contributed by atoms with E-state index in [2.05, 4.69) is 19.6 Å². The predicted molar refractivity (Wildman–Crippen MR) is 82.7 cm³/mol. The van der Waals surface area contributed by atoms with Gasteiger partial charge in [0.05, 0.1) is 6.20 Å². The van der Waals surface area contributed by atoms with E-state index in [0.29, 0.717) is 18.8 Å². The number of aromatic amines is 1. The maximum absolute atomic E-state index is 12.4. The maximum atomic E-state index is 12.4. The first kappa shape index (κ1) is 16.5. The predicted octanol–water partition coefficient (Wildman–Crippen LogP) is 1.51. The zero-order valence-electron chi connectivity index (χ0n) is 13.1. The summed E-state index contributed by atoms with van der Waals surface area (Å²) in [4.78, 5) is 9.09. The molecule has 0 bridgehead atoms. The van der Waals surface area contributed by atoms with Gasteiger partial charge in [-0.1, -0.05) is 26.2 Å². The number of hydrogen-bond donors (Lipinski definition) is 2. The van der Waals surface area contributed by atoms with E-state index in [4.69, 9.17) is 0 Å². The van der Waals surface area contributed by atoms with Crippen LogP contribution in [-0.4, -0.2) is 49.5 Å². The van der Waals surface area contributed by atoms with Gasteiger partial charge in [0.25, 0.3) is 10.0 Å². The summed E-state index contributed by atoms with van der Waals surface area (Å²) in [7, 11) is 0.550. The van der Waals surface area contributed by atoms with Gasteiger partial charge in [0.1, 0.15) is 5.82 Å². The third kappa shape index (κ3) is 3.64. The van der Waals surface area contributed by atoms with Crippen molar-refractivity contribution in [2.75, 3.05) is 20.6 Å². The first-order valence-corrected chi connectivity index (χ1v) is 9.09. The molecule has 0 spiro atoms. The largest absolute Gasteiger partial charge is 0.332 e. The number of nitrogens with zero attached hydrogens (tertiary/aromatic N) is 2. The van der Waals surface area contributed by atoms with Crippen molar-refractivity contribution in [3.63, 3.8) is 0 Å². The summed E-state index contributed by atoms with van der Waals surface area (Å²) in [6.45, 7) is 2.38. The number of hydrogen-bond acceptors (Lipinski definition) is 4. The van der Waals surface area contributed by atoms with Crippen molar-refractivity contribution in [3.8, 4) is 0 Å². The minimum atomic E-state index is -3.52. The van der Waals surface area contributed by atoms with Gasteiger partial charge in [-0.2, -0.15) is 0 Å². The van der Waals surface area contributed by atoms with E-state index in [0.717, 1.165) is 25.7 Å². The number of nitrogens with one attached hydrogen (secondary N) is 2. The Bertz CT molecular complexity index is 559. The highest BCUT2D eigenvalue weighted by atomic mass is 32.2. The molecule has 1 heterocycles. The van der Waals surface area contributed by atoms with E-state index in [1.807, 2.05) is 21.0 Å². The van der Waals surface area contributed by atoms with Crippen LogP contribution in [0.2, 0.25) is 0 Å². The molecule has 1 aromatic heterocycles. The van der Waals surface area contributed by atoms with Crippen molar-refractivity contribution in [2.24, 2.45) is 0 Å². The Morgan fingerprint density at radius 3 is 2.52 bits per heavy atom. The van der Waals surface area contributed by atoms with Gasteiger partial charge in [-0.25, -0.2) is 18.1 Å². The SMILES string of the molecule is CCc1ncc(S(=O)(=O)NCC2(N(C)C)CCCCC2)[nH]1. The lowest BCUT2D eigenvalue weighted by molar-refractivity contribution is 0.105. The van der Waals surface area contributed by atoms with Crippen molar-refractivity contribution in [3.05, 3.63) is 12.0 Å². The molecule has 0 amide bonds. The molecule has 1 aliphatic rings. The summed E-state index contributed by atoms with van der Waals surface area (Å²) in [5, 5.41) is 0.157. The lowest BCUT2D eigenvalue weighted by Gasteiger charge is -2.43. The molecule has 120 valence electrons. The molecule has 2 rings (SSSR count). The normalized spacial score (nSPS) is 19.0. The second kappa shape index (κ2) is 6.46. The van der Waals surface area contributed by atoms with Gasteiger partial charge in [-0.15, -0.1) is 0 Å². The molecule has 1 aromatic rings. The Labute approximate surface area is 127 Å². The van der Waals surface area contributed by atoms with Crippen molar-refractivity contribution in [1.82, 2.24) is 19.6 Å². The van der Waals surface area contributed by atoms with Crippen LogP contribution in [0.3, 0.4) is 0 Å². The number of likely N-dealkylation sites (N-methyl/N-ethyl adjacent to an activating group) is 1. The van der Waals surface area contributed by atoms with Crippen molar-refractivity contribution in [1.29, 1.82) is 0 Å². The molecule has 0 atom stereocenters. The Balaban J connectivity index is 2.09. The van der Waals surface area contributed by atoms with E-state index in [1.54, 1.807) is 0 Å². The smallest absolute Gasteiger partial charge is 0.257 e. The molecule has 1 saturated carbocycles. The standard InChI is InChI=1S/C14H26N4O2S/c1-4-12-15-10-13(17-12)21(19,20)16-11-14(18(2)3)8-6-5-7-9-14/h10,16H,4-9,11H2,1-3H3,(H,15,17). The lowest BCUT2D eigenvalue weighted by atomic mass is 9.81. The third-order valence-electron chi connectivity index (χ3n) is 4.55. The fourth-order valence-electron chi connectivity index (χ4n) is 2.96. The number of aryl methyl sites for hydroxylation is 1. The van der Waals surface area contributed by atoms with Crippen LogP contribution in [0.1, 0.15) is 44.9 Å². The quantitative estimate of drug-likeness (QED) is 0.834. The molecule has 21 heavy (non-hydrogen) atoms. The topological polar surface area (TPSA) is 78.1 Å². The average molecular weight is 314 g/mol. The number of aromatic nitrogens is 2. The summed E-state index contributed by atoms with van der Waals surface area (Å²) in [6, 6.07) is 0. The third-order valence-corrected chi connectivity index (χ3v) is 5.86. The number of imidazole rings is 1. The van der Waals surface area contributed by atoms with E-state index < -0.39 is 10.0 Å². The van der Waals surface area contributed by atoms with Gasteiger partial charge in [0.2, 0.25) is 0 Å². The van der Waals surface area contributed by atoms with Crippen LogP contribution in [0, 0.1) is 0 Å². The van der Waals surface area contributed by atoms with Gasteiger partial charge in [0, 0.05) is 18.5 Å². The minimum absolute atomic E-state index is 0.0705. The van der Waals surface area contributed by atoms with Gasteiger partial charge in [0.15, 0.2) is 5.03 Å². The zero-order chi connectivity index (χ0) is 15.5. The Morgan fingerprint density at radius 2 is 2.00 bits per heavy atom. The summed E-state index contributed by atoms with van der Waals surface area (Å²) >= 11 is 0. The molecule has 6 nitrogen and oxygen atoms in total. The zero-order valence-corrected chi connectivity index (χ0v) is 14.0. The molecule has 1 fully saturated rings. The average Bonchev–Trinajstić information content (AvgIpc) is 2.96. The first-order chi connectivity index (χ1) is 9.89. The second-order valence-corrected chi connectivity index (χ2v) is 7.79. The van der Waals surface area contributed by atoms with Crippen LogP contribution >= 0.6 is 0 Å². The highest BCUT2D eigenvalue weighted by Crippen LogP contribution is 2.31. The van der Waals surface area contributed by atoms with E-state index in [1.165, 1.54) is 12.6 Å². The molecule has 1 aliphatic carbocycles. The molecular formula is C14H26N4O2S. The van der Waals surface area contributed by atoms with Crippen LogP contribution in [0.4, 0.5) is 0 Å². The number of H-pyrrole nitrogens is 1. The van der Waals surface area contributed by atoms with Crippen molar-refractivity contribution < 1.29 is 8.42 Å². The summed E-state index contributed by atoms with van der Waals surface area (Å²) in [6.07, 6.45) is 7.70. The van der Waals surface area contributed by atoms with E-state index in [9.17, 15) is 8.42 Å². The highest BCUT2D eigenvalue weighted by Gasteiger charge is 2.35. The Kier molecular flexibility index (Phi) is 5.06. The van der Waals surface area contributed by atoms with Gasteiger partial charge in [-0.3, -0.25) is 0 Å². The maximum Gasteiger partial charge on any atom is 0.257 e. The van der Waals surface area contributed by atoms with Crippen LogP contribution in [-0.2, 0) is 16.4 Å².